The van der Waals surface area contributed by atoms with Crippen LogP contribution in [0.2, 0.25) is 5.02 Å². The van der Waals surface area contributed by atoms with Gasteiger partial charge < -0.3 is 20.5 Å². The summed E-state index contributed by atoms with van der Waals surface area (Å²) in [5, 5.41) is 9.72. The zero-order valence-electron chi connectivity index (χ0n) is 14.0. The van der Waals surface area contributed by atoms with Crippen LogP contribution in [-0.4, -0.2) is 42.2 Å². The highest BCUT2D eigenvalue weighted by atomic mass is 35.5. The Bertz CT molecular complexity index is 781. The van der Waals surface area contributed by atoms with Crippen molar-refractivity contribution in [1.29, 1.82) is 0 Å². The van der Waals surface area contributed by atoms with Crippen molar-refractivity contribution in [3.8, 4) is 11.5 Å². The van der Waals surface area contributed by atoms with Crippen molar-refractivity contribution < 1.29 is 14.6 Å². The summed E-state index contributed by atoms with van der Waals surface area (Å²) in [7, 11) is 1.63. The van der Waals surface area contributed by atoms with E-state index in [9.17, 15) is 9.90 Å². The van der Waals surface area contributed by atoms with Crippen molar-refractivity contribution in [2.45, 2.75) is 18.4 Å². The lowest BCUT2D eigenvalue weighted by atomic mass is 9.95. The summed E-state index contributed by atoms with van der Waals surface area (Å²) in [6, 6.07) is 12.5. The maximum Gasteiger partial charge on any atom is 0.227 e. The lowest BCUT2D eigenvalue weighted by Gasteiger charge is -2.17. The third-order valence-corrected chi connectivity index (χ3v) is 4.91. The molecular weight excluding hydrogens is 340 g/mol. The maximum absolute atomic E-state index is 12.6. The van der Waals surface area contributed by atoms with Crippen molar-refractivity contribution in [1.82, 2.24) is 4.90 Å². The Balaban J connectivity index is 1.69. The van der Waals surface area contributed by atoms with Gasteiger partial charge in [0.2, 0.25) is 5.91 Å². The molecule has 6 heteroatoms. The molecule has 1 amide bonds. The Morgan fingerprint density at radius 3 is 2.84 bits per heavy atom. The number of rotatable bonds is 4. The third-order valence-electron chi connectivity index (χ3n) is 4.61. The molecule has 1 heterocycles. The van der Waals surface area contributed by atoms with Gasteiger partial charge in [0, 0.05) is 25.0 Å². The number of nitrogens with two attached hydrogens (primary N) is 1. The summed E-state index contributed by atoms with van der Waals surface area (Å²) < 4.78 is 5.27. The fourth-order valence-electron chi connectivity index (χ4n) is 3.20. The molecule has 0 spiro atoms. The Labute approximate surface area is 152 Å². The first-order valence-electron chi connectivity index (χ1n) is 8.12. The van der Waals surface area contributed by atoms with Gasteiger partial charge >= 0.3 is 0 Å². The molecule has 2 atom stereocenters. The van der Waals surface area contributed by atoms with Crippen LogP contribution in [0.25, 0.3) is 0 Å². The Morgan fingerprint density at radius 2 is 2.12 bits per heavy atom. The second-order valence-electron chi connectivity index (χ2n) is 6.31. The second-order valence-corrected chi connectivity index (χ2v) is 6.72. The number of phenols is 1. The summed E-state index contributed by atoms with van der Waals surface area (Å²) in [4.78, 5) is 14.4. The number of phenolic OH excluding ortho intramolecular Hbond substituents is 1. The van der Waals surface area contributed by atoms with Crippen LogP contribution in [-0.2, 0) is 11.2 Å². The lowest BCUT2D eigenvalue weighted by Crippen LogP contribution is -2.33. The van der Waals surface area contributed by atoms with Crippen LogP contribution in [0.15, 0.2) is 42.5 Å². The van der Waals surface area contributed by atoms with E-state index >= 15 is 0 Å². The van der Waals surface area contributed by atoms with Crippen LogP contribution in [0.1, 0.15) is 17.0 Å². The van der Waals surface area contributed by atoms with Gasteiger partial charge in [0.1, 0.15) is 11.5 Å². The molecule has 5 nitrogen and oxygen atoms in total. The minimum atomic E-state index is -0.112. The molecule has 0 aromatic heterocycles. The molecular formula is C19H21ClN2O3. The number of amides is 1. The van der Waals surface area contributed by atoms with Gasteiger partial charge in [-0.15, -0.1) is 0 Å². The van der Waals surface area contributed by atoms with Gasteiger partial charge in [-0.25, -0.2) is 0 Å². The highest BCUT2D eigenvalue weighted by Gasteiger charge is 2.33. The van der Waals surface area contributed by atoms with Crippen LogP contribution in [0.4, 0.5) is 0 Å². The SMILES string of the molecule is COc1cccc(C2CN(C(=O)Cc3ccc(O)c(Cl)c3)CC2N)c1. The molecule has 2 unspecified atom stereocenters. The summed E-state index contributed by atoms with van der Waals surface area (Å²) in [5.41, 5.74) is 8.13. The number of benzene rings is 2. The summed E-state index contributed by atoms with van der Waals surface area (Å²) in [5.74, 6) is 0.886. The summed E-state index contributed by atoms with van der Waals surface area (Å²) in [6.07, 6.45) is 0.234. The largest absolute Gasteiger partial charge is 0.506 e. The Kier molecular flexibility index (Phi) is 5.16. The van der Waals surface area contributed by atoms with E-state index < -0.39 is 0 Å². The van der Waals surface area contributed by atoms with Crippen molar-refractivity contribution in [3.63, 3.8) is 0 Å². The molecule has 0 aliphatic carbocycles. The zero-order chi connectivity index (χ0) is 18.0. The minimum absolute atomic E-state index is 0.00241. The van der Waals surface area contributed by atoms with E-state index in [1.165, 1.54) is 6.07 Å². The van der Waals surface area contributed by atoms with Crippen molar-refractivity contribution in [2.24, 2.45) is 5.73 Å². The van der Waals surface area contributed by atoms with Crippen LogP contribution in [0.3, 0.4) is 0 Å². The number of carbonyl (C=O) groups is 1. The first kappa shape index (κ1) is 17.6. The fourth-order valence-corrected chi connectivity index (χ4v) is 3.41. The number of halogens is 1. The number of likely N-dealkylation sites (tertiary alicyclic amines) is 1. The molecule has 2 aromatic carbocycles. The molecule has 2 aromatic rings. The highest BCUT2D eigenvalue weighted by Crippen LogP contribution is 2.30. The minimum Gasteiger partial charge on any atom is -0.506 e. The number of hydrogen-bond acceptors (Lipinski definition) is 4. The average molecular weight is 361 g/mol. The first-order valence-corrected chi connectivity index (χ1v) is 8.50. The van der Waals surface area contributed by atoms with Crippen LogP contribution in [0, 0.1) is 0 Å². The number of aromatic hydroxyl groups is 1. The number of methoxy groups -OCH3 is 1. The van der Waals surface area contributed by atoms with Gasteiger partial charge in [-0.05, 0) is 35.4 Å². The molecule has 3 rings (SSSR count). The molecule has 132 valence electrons. The van der Waals surface area contributed by atoms with Gasteiger partial charge in [-0.2, -0.15) is 0 Å². The zero-order valence-corrected chi connectivity index (χ0v) is 14.7. The van der Waals surface area contributed by atoms with Crippen LogP contribution in [0.5, 0.6) is 11.5 Å². The van der Waals surface area contributed by atoms with E-state index in [0.29, 0.717) is 13.1 Å². The van der Waals surface area contributed by atoms with E-state index in [1.54, 1.807) is 24.1 Å². The van der Waals surface area contributed by atoms with E-state index in [-0.39, 0.29) is 35.1 Å². The van der Waals surface area contributed by atoms with Crippen molar-refractivity contribution >= 4 is 17.5 Å². The van der Waals surface area contributed by atoms with Gasteiger partial charge in [0.15, 0.2) is 0 Å². The number of hydrogen-bond donors (Lipinski definition) is 2. The van der Waals surface area contributed by atoms with E-state index in [2.05, 4.69) is 0 Å². The van der Waals surface area contributed by atoms with Crippen LogP contribution >= 0.6 is 11.6 Å². The molecule has 1 aliphatic rings. The quantitative estimate of drug-likeness (QED) is 0.878. The standard InChI is InChI=1S/C19H21ClN2O3/c1-25-14-4-2-3-13(9-14)15-10-22(11-17(15)21)19(24)8-12-5-6-18(23)16(20)7-12/h2-7,9,15,17,23H,8,10-11,21H2,1H3. The van der Waals surface area contributed by atoms with Crippen molar-refractivity contribution in [3.05, 3.63) is 58.6 Å². The molecule has 0 bridgehead atoms. The maximum atomic E-state index is 12.6. The summed E-state index contributed by atoms with van der Waals surface area (Å²) in [6.45, 7) is 1.10. The number of ether oxygens (including phenoxy) is 1. The fraction of sp³-hybridized carbons (Fsp3) is 0.316. The molecule has 0 radical (unpaired) electrons. The van der Waals surface area contributed by atoms with E-state index in [0.717, 1.165) is 16.9 Å². The molecule has 1 saturated heterocycles. The normalized spacial score (nSPS) is 19.9. The highest BCUT2D eigenvalue weighted by molar-refractivity contribution is 6.32. The van der Waals surface area contributed by atoms with Crippen LogP contribution < -0.4 is 10.5 Å². The lowest BCUT2D eigenvalue weighted by molar-refractivity contribution is -0.129. The predicted molar refractivity (Wildman–Crippen MR) is 97.1 cm³/mol. The predicted octanol–water partition coefficient (Wildman–Crippen LogP) is 2.55. The molecule has 1 fully saturated rings. The van der Waals surface area contributed by atoms with E-state index in [4.69, 9.17) is 22.1 Å². The monoisotopic (exact) mass is 360 g/mol. The molecule has 25 heavy (non-hydrogen) atoms. The molecule has 3 N–H and O–H groups in total. The first-order chi connectivity index (χ1) is 12.0. The van der Waals surface area contributed by atoms with Gasteiger partial charge in [0.05, 0.1) is 18.6 Å². The average Bonchev–Trinajstić information content (AvgIpc) is 3.00. The number of carbonyl (C=O) groups excluding carboxylic acids is 1. The van der Waals surface area contributed by atoms with Gasteiger partial charge in [0.25, 0.3) is 0 Å². The van der Waals surface area contributed by atoms with Gasteiger partial charge in [-0.1, -0.05) is 29.8 Å². The Hall–Kier alpha value is -2.24. The molecule has 0 saturated carbocycles. The van der Waals surface area contributed by atoms with E-state index in [1.807, 2.05) is 24.3 Å². The smallest absolute Gasteiger partial charge is 0.227 e. The number of nitrogens with zero attached hydrogens (tertiary/aromatic N) is 1. The topological polar surface area (TPSA) is 75.8 Å². The molecule has 1 aliphatic heterocycles. The summed E-state index contributed by atoms with van der Waals surface area (Å²) >= 11 is 5.91. The second kappa shape index (κ2) is 7.33. The third kappa shape index (κ3) is 3.89. The Morgan fingerprint density at radius 1 is 1.32 bits per heavy atom. The van der Waals surface area contributed by atoms with Crippen molar-refractivity contribution in [2.75, 3.05) is 20.2 Å². The van der Waals surface area contributed by atoms with Gasteiger partial charge in [-0.3, -0.25) is 4.79 Å².